The van der Waals surface area contributed by atoms with Crippen molar-refractivity contribution in [3.63, 3.8) is 0 Å². The van der Waals surface area contributed by atoms with Crippen molar-refractivity contribution in [1.82, 2.24) is 15.1 Å². The lowest BCUT2D eigenvalue weighted by Crippen LogP contribution is -2.16. The molecule has 0 aliphatic heterocycles. The van der Waals surface area contributed by atoms with Crippen LogP contribution in [0.2, 0.25) is 5.02 Å². The predicted molar refractivity (Wildman–Crippen MR) is 81.9 cm³/mol. The highest BCUT2D eigenvalue weighted by molar-refractivity contribution is 7.10. The molecule has 0 aliphatic rings. The van der Waals surface area contributed by atoms with Crippen LogP contribution in [-0.2, 0) is 26.1 Å². The third kappa shape index (κ3) is 3.19. The van der Waals surface area contributed by atoms with Crippen LogP contribution in [0.1, 0.15) is 35.7 Å². The van der Waals surface area contributed by atoms with E-state index in [0.717, 1.165) is 42.5 Å². The molecule has 2 aromatic heterocycles. The number of rotatable bonds is 6. The van der Waals surface area contributed by atoms with E-state index in [-0.39, 0.29) is 0 Å². The summed E-state index contributed by atoms with van der Waals surface area (Å²) in [5, 5.41) is 10.8. The lowest BCUT2D eigenvalue weighted by molar-refractivity contribution is 0.580. The van der Waals surface area contributed by atoms with Gasteiger partial charge in [-0.05, 0) is 37.3 Å². The third-order valence-electron chi connectivity index (χ3n) is 3.25. The minimum atomic E-state index is 0.758. The zero-order valence-corrected chi connectivity index (χ0v) is 13.2. The summed E-state index contributed by atoms with van der Waals surface area (Å²) in [5.41, 5.74) is 3.42. The summed E-state index contributed by atoms with van der Waals surface area (Å²) in [6.45, 7) is 8.73. The van der Waals surface area contributed by atoms with Crippen LogP contribution in [0.5, 0.6) is 0 Å². The van der Waals surface area contributed by atoms with Gasteiger partial charge in [0.15, 0.2) is 0 Å². The van der Waals surface area contributed by atoms with Gasteiger partial charge >= 0.3 is 0 Å². The highest BCUT2D eigenvalue weighted by Gasteiger charge is 2.12. The fraction of sp³-hybridized carbons (Fsp3) is 0.500. The van der Waals surface area contributed by atoms with Crippen molar-refractivity contribution < 1.29 is 0 Å². The van der Waals surface area contributed by atoms with Crippen LogP contribution >= 0.6 is 22.9 Å². The van der Waals surface area contributed by atoms with E-state index < -0.39 is 0 Å². The van der Waals surface area contributed by atoms with Gasteiger partial charge in [0, 0.05) is 24.5 Å². The summed E-state index contributed by atoms with van der Waals surface area (Å²) < 4.78 is 1.97. The fourth-order valence-corrected chi connectivity index (χ4v) is 3.32. The van der Waals surface area contributed by atoms with Gasteiger partial charge < -0.3 is 5.32 Å². The highest BCUT2D eigenvalue weighted by Crippen LogP contribution is 2.21. The van der Waals surface area contributed by atoms with Crippen LogP contribution in [0.25, 0.3) is 0 Å². The van der Waals surface area contributed by atoms with Crippen molar-refractivity contribution in [3.05, 3.63) is 38.3 Å². The van der Waals surface area contributed by atoms with Crippen molar-refractivity contribution in [1.29, 1.82) is 0 Å². The first-order valence-corrected chi connectivity index (χ1v) is 7.90. The zero-order chi connectivity index (χ0) is 13.8. The quantitative estimate of drug-likeness (QED) is 0.879. The minimum absolute atomic E-state index is 0.758. The van der Waals surface area contributed by atoms with Crippen LogP contribution < -0.4 is 5.32 Å². The van der Waals surface area contributed by atoms with E-state index in [0.29, 0.717) is 0 Å². The van der Waals surface area contributed by atoms with Gasteiger partial charge in [0.05, 0.1) is 16.4 Å². The predicted octanol–water partition coefficient (Wildman–Crippen LogP) is 3.78. The first-order chi connectivity index (χ1) is 9.17. The molecular weight excluding hydrogens is 278 g/mol. The van der Waals surface area contributed by atoms with E-state index in [9.17, 15) is 0 Å². The second-order valence-corrected chi connectivity index (χ2v) is 5.87. The van der Waals surface area contributed by atoms with E-state index in [4.69, 9.17) is 11.6 Å². The molecule has 0 aromatic carbocycles. The molecule has 0 aliphatic carbocycles. The standard InChI is InChI=1S/C14H20ClN3S/c1-4-11-6-7-19-13(11)9-16-8-12-14(15)10(3)17-18(12)5-2/h6-7,16H,4-5,8-9H2,1-3H3. The monoisotopic (exact) mass is 297 g/mol. The molecule has 0 saturated heterocycles. The lowest BCUT2D eigenvalue weighted by Gasteiger charge is -2.07. The SMILES string of the molecule is CCc1ccsc1CNCc1c(Cl)c(C)nn1CC. The number of aromatic nitrogens is 2. The Morgan fingerprint density at radius 2 is 2.16 bits per heavy atom. The van der Waals surface area contributed by atoms with Crippen molar-refractivity contribution in [3.8, 4) is 0 Å². The van der Waals surface area contributed by atoms with Crippen LogP contribution in [0.4, 0.5) is 0 Å². The molecule has 0 fully saturated rings. The van der Waals surface area contributed by atoms with Crippen molar-refractivity contribution in [2.45, 2.75) is 46.8 Å². The molecule has 104 valence electrons. The van der Waals surface area contributed by atoms with Gasteiger partial charge in [-0.25, -0.2) is 0 Å². The summed E-state index contributed by atoms with van der Waals surface area (Å²) in [5.74, 6) is 0. The molecule has 0 unspecified atom stereocenters. The normalized spacial score (nSPS) is 11.2. The van der Waals surface area contributed by atoms with Gasteiger partial charge in [-0.1, -0.05) is 18.5 Å². The Hall–Kier alpha value is -0.840. The Bertz CT molecular complexity index is 545. The van der Waals surface area contributed by atoms with E-state index in [1.807, 2.05) is 22.9 Å². The topological polar surface area (TPSA) is 29.9 Å². The van der Waals surface area contributed by atoms with Crippen LogP contribution in [0.15, 0.2) is 11.4 Å². The molecule has 0 saturated carbocycles. The number of nitrogens with one attached hydrogen (secondary N) is 1. The third-order valence-corrected chi connectivity index (χ3v) is 4.70. The number of thiophene rings is 1. The van der Waals surface area contributed by atoms with E-state index in [1.165, 1.54) is 10.4 Å². The van der Waals surface area contributed by atoms with E-state index in [2.05, 4.69) is 35.7 Å². The second-order valence-electron chi connectivity index (χ2n) is 4.49. The van der Waals surface area contributed by atoms with E-state index in [1.54, 1.807) is 0 Å². The molecule has 5 heteroatoms. The number of hydrogen-bond donors (Lipinski definition) is 1. The molecule has 0 spiro atoms. The van der Waals surface area contributed by atoms with Crippen LogP contribution in [0.3, 0.4) is 0 Å². The van der Waals surface area contributed by atoms with Crippen LogP contribution in [-0.4, -0.2) is 9.78 Å². The fourth-order valence-electron chi connectivity index (χ4n) is 2.17. The molecule has 2 rings (SSSR count). The number of halogens is 1. The first kappa shape index (κ1) is 14.6. The molecule has 19 heavy (non-hydrogen) atoms. The number of nitrogens with zero attached hydrogens (tertiary/aromatic N) is 2. The molecule has 3 nitrogen and oxygen atoms in total. The molecule has 0 bridgehead atoms. The summed E-state index contributed by atoms with van der Waals surface area (Å²) in [7, 11) is 0. The Morgan fingerprint density at radius 3 is 2.84 bits per heavy atom. The molecular formula is C14H20ClN3S. The molecule has 1 N–H and O–H groups in total. The van der Waals surface area contributed by atoms with Gasteiger partial charge in [0.1, 0.15) is 0 Å². The van der Waals surface area contributed by atoms with Gasteiger partial charge in [-0.3, -0.25) is 4.68 Å². The smallest absolute Gasteiger partial charge is 0.0860 e. The Kier molecular flexibility index (Phi) is 5.02. The van der Waals surface area contributed by atoms with E-state index >= 15 is 0 Å². The average molecular weight is 298 g/mol. The molecule has 0 atom stereocenters. The number of aryl methyl sites for hydroxylation is 3. The summed E-state index contributed by atoms with van der Waals surface area (Å²) in [6, 6.07) is 2.20. The maximum absolute atomic E-state index is 6.29. The highest BCUT2D eigenvalue weighted by atomic mass is 35.5. The second kappa shape index (κ2) is 6.55. The Labute approximate surface area is 123 Å². The lowest BCUT2D eigenvalue weighted by atomic mass is 10.2. The first-order valence-electron chi connectivity index (χ1n) is 6.65. The van der Waals surface area contributed by atoms with Crippen LogP contribution in [0, 0.1) is 6.92 Å². The number of hydrogen-bond acceptors (Lipinski definition) is 3. The van der Waals surface area contributed by atoms with Gasteiger partial charge in [0.2, 0.25) is 0 Å². The Morgan fingerprint density at radius 1 is 1.37 bits per heavy atom. The van der Waals surface area contributed by atoms with Gasteiger partial charge in [-0.2, -0.15) is 5.10 Å². The van der Waals surface area contributed by atoms with Gasteiger partial charge in [-0.15, -0.1) is 11.3 Å². The minimum Gasteiger partial charge on any atom is -0.306 e. The maximum Gasteiger partial charge on any atom is 0.0860 e. The summed E-state index contributed by atoms with van der Waals surface area (Å²) in [6.07, 6.45) is 1.09. The van der Waals surface area contributed by atoms with Crippen molar-refractivity contribution >= 4 is 22.9 Å². The van der Waals surface area contributed by atoms with Crippen molar-refractivity contribution in [2.75, 3.05) is 0 Å². The average Bonchev–Trinajstić information content (AvgIpc) is 2.97. The molecule has 0 radical (unpaired) electrons. The summed E-state index contributed by atoms with van der Waals surface area (Å²) >= 11 is 8.10. The van der Waals surface area contributed by atoms with Crippen molar-refractivity contribution in [2.24, 2.45) is 0 Å². The molecule has 2 aromatic rings. The summed E-state index contributed by atoms with van der Waals surface area (Å²) in [4.78, 5) is 1.41. The Balaban J connectivity index is 2.00. The molecule has 0 amide bonds. The van der Waals surface area contributed by atoms with Gasteiger partial charge in [0.25, 0.3) is 0 Å². The maximum atomic E-state index is 6.29. The largest absolute Gasteiger partial charge is 0.306 e. The zero-order valence-electron chi connectivity index (χ0n) is 11.7. The molecule has 2 heterocycles.